The number of carbonyl (C=O) groups excluding carboxylic acids is 1. The summed E-state index contributed by atoms with van der Waals surface area (Å²) in [5, 5.41) is 0. The molecule has 0 aliphatic carbocycles. The molecule has 0 fully saturated rings. The van der Waals surface area contributed by atoms with Crippen molar-refractivity contribution in [2.24, 2.45) is 11.7 Å². The van der Waals surface area contributed by atoms with E-state index in [1.165, 1.54) is 0 Å². The van der Waals surface area contributed by atoms with Gasteiger partial charge in [0.1, 0.15) is 6.54 Å². The Kier molecular flexibility index (Phi) is 8.01. The minimum atomic E-state index is -4.40. The summed E-state index contributed by atoms with van der Waals surface area (Å²) in [5.41, 5.74) is 5.56. The van der Waals surface area contributed by atoms with Crippen LogP contribution >= 0.6 is 0 Å². The van der Waals surface area contributed by atoms with E-state index in [1.54, 1.807) is 20.8 Å². The smallest absolute Gasteiger partial charge is 0.382 e. The highest BCUT2D eigenvalue weighted by Crippen LogP contribution is 2.18. The van der Waals surface area contributed by atoms with Crippen molar-refractivity contribution < 1.29 is 22.7 Å². The minimum absolute atomic E-state index is 0.0232. The molecule has 2 atom stereocenters. The van der Waals surface area contributed by atoms with E-state index in [4.69, 9.17) is 10.5 Å². The molecule has 2 unspecified atom stereocenters. The molecule has 0 saturated heterocycles. The second-order valence-corrected chi connectivity index (χ2v) is 4.57. The Balaban J connectivity index is 4.53. The zero-order valence-corrected chi connectivity index (χ0v) is 11.7. The molecule has 0 aromatic carbocycles. The van der Waals surface area contributed by atoms with Crippen molar-refractivity contribution in [3.8, 4) is 0 Å². The molecule has 0 radical (unpaired) electrons. The first kappa shape index (κ1) is 18.2. The Bertz CT molecular complexity index is 270. The molecule has 7 heteroatoms. The zero-order valence-electron chi connectivity index (χ0n) is 11.7. The molecule has 2 N–H and O–H groups in total. The maximum atomic E-state index is 12.4. The highest BCUT2D eigenvalue weighted by molar-refractivity contribution is 5.79. The van der Waals surface area contributed by atoms with Crippen molar-refractivity contribution in [1.82, 2.24) is 4.90 Å². The van der Waals surface area contributed by atoms with Crippen molar-refractivity contribution in [3.63, 3.8) is 0 Å². The van der Waals surface area contributed by atoms with Crippen LogP contribution in [0, 0.1) is 5.92 Å². The number of halogens is 3. The van der Waals surface area contributed by atoms with Gasteiger partial charge in [-0.2, -0.15) is 13.2 Å². The summed E-state index contributed by atoms with van der Waals surface area (Å²) >= 11 is 0. The molecule has 0 spiro atoms. The molecule has 0 aromatic rings. The van der Waals surface area contributed by atoms with Crippen LogP contribution in [-0.4, -0.2) is 49.3 Å². The third kappa shape index (κ3) is 8.05. The first-order chi connectivity index (χ1) is 8.69. The van der Waals surface area contributed by atoms with Crippen LogP contribution in [0.2, 0.25) is 0 Å². The van der Waals surface area contributed by atoms with Gasteiger partial charge in [0.2, 0.25) is 5.91 Å². The molecule has 0 bridgehead atoms. The van der Waals surface area contributed by atoms with Gasteiger partial charge in [0.15, 0.2) is 0 Å². The van der Waals surface area contributed by atoms with Crippen molar-refractivity contribution in [3.05, 3.63) is 0 Å². The number of rotatable bonds is 8. The first-order valence-corrected chi connectivity index (χ1v) is 6.38. The van der Waals surface area contributed by atoms with E-state index in [9.17, 15) is 18.0 Å². The Morgan fingerprint density at radius 1 is 1.37 bits per heavy atom. The molecule has 0 saturated carbocycles. The molecule has 1 amide bonds. The molecule has 19 heavy (non-hydrogen) atoms. The Morgan fingerprint density at radius 3 is 2.37 bits per heavy atom. The van der Waals surface area contributed by atoms with Gasteiger partial charge in [-0.15, -0.1) is 0 Å². The molecule has 0 heterocycles. The van der Waals surface area contributed by atoms with Crippen LogP contribution in [0.4, 0.5) is 13.2 Å². The van der Waals surface area contributed by atoms with Gasteiger partial charge in [0, 0.05) is 25.8 Å². The summed E-state index contributed by atoms with van der Waals surface area (Å²) in [5.74, 6) is -1.20. The topological polar surface area (TPSA) is 55.6 Å². The van der Waals surface area contributed by atoms with Crippen molar-refractivity contribution in [1.29, 1.82) is 0 Å². The van der Waals surface area contributed by atoms with Gasteiger partial charge in [-0.1, -0.05) is 6.92 Å². The minimum Gasteiger partial charge on any atom is -0.382 e. The molecular formula is C12H23F3N2O2. The Morgan fingerprint density at radius 2 is 1.95 bits per heavy atom. The standard InChI is InChI=1S/C12H23F3N2O2/c1-4-19-7-5-6-17(8-12(13,14)15)11(18)9(2)10(3)16/h9-10H,4-8,16H2,1-3H3. The van der Waals surface area contributed by atoms with Crippen LogP contribution in [0.5, 0.6) is 0 Å². The second-order valence-electron chi connectivity index (χ2n) is 4.57. The summed E-state index contributed by atoms with van der Waals surface area (Å²) in [6.07, 6.45) is -4.03. The third-order valence-corrected chi connectivity index (χ3v) is 2.78. The largest absolute Gasteiger partial charge is 0.406 e. The summed E-state index contributed by atoms with van der Waals surface area (Å²) in [7, 11) is 0. The van der Waals surface area contributed by atoms with Crippen LogP contribution in [0.3, 0.4) is 0 Å². The molecule has 0 aromatic heterocycles. The normalized spacial score (nSPS) is 15.1. The van der Waals surface area contributed by atoms with Crippen LogP contribution in [0.25, 0.3) is 0 Å². The fraction of sp³-hybridized carbons (Fsp3) is 0.917. The molecule has 0 aliphatic rings. The van der Waals surface area contributed by atoms with Crippen molar-refractivity contribution in [2.75, 3.05) is 26.3 Å². The van der Waals surface area contributed by atoms with Crippen LogP contribution in [-0.2, 0) is 9.53 Å². The maximum Gasteiger partial charge on any atom is 0.406 e. The van der Waals surface area contributed by atoms with Crippen LogP contribution < -0.4 is 5.73 Å². The summed E-state index contributed by atoms with van der Waals surface area (Å²) < 4.78 is 42.4. The molecular weight excluding hydrogens is 261 g/mol. The van der Waals surface area contributed by atoms with E-state index in [2.05, 4.69) is 0 Å². The average Bonchev–Trinajstić information content (AvgIpc) is 2.29. The van der Waals surface area contributed by atoms with Crippen molar-refractivity contribution in [2.45, 2.75) is 39.4 Å². The molecule has 114 valence electrons. The predicted octanol–water partition coefficient (Wildman–Crippen LogP) is 1.79. The third-order valence-electron chi connectivity index (χ3n) is 2.78. The number of amides is 1. The first-order valence-electron chi connectivity index (χ1n) is 6.38. The number of hydrogen-bond donors (Lipinski definition) is 1. The summed E-state index contributed by atoms with van der Waals surface area (Å²) in [6, 6.07) is -0.477. The highest BCUT2D eigenvalue weighted by Gasteiger charge is 2.34. The van der Waals surface area contributed by atoms with Gasteiger partial charge >= 0.3 is 6.18 Å². The monoisotopic (exact) mass is 284 g/mol. The number of ether oxygens (including phenoxy) is 1. The van der Waals surface area contributed by atoms with Crippen LogP contribution in [0.1, 0.15) is 27.2 Å². The van der Waals surface area contributed by atoms with Gasteiger partial charge in [0.05, 0.1) is 5.92 Å². The lowest BCUT2D eigenvalue weighted by Crippen LogP contribution is -2.46. The molecule has 0 rings (SSSR count). The van der Waals surface area contributed by atoms with E-state index < -0.39 is 30.6 Å². The molecule has 4 nitrogen and oxygen atoms in total. The van der Waals surface area contributed by atoms with E-state index in [0.717, 1.165) is 4.90 Å². The highest BCUT2D eigenvalue weighted by atomic mass is 19.4. The van der Waals surface area contributed by atoms with Crippen molar-refractivity contribution >= 4 is 5.91 Å². The van der Waals surface area contributed by atoms with E-state index in [1.807, 2.05) is 0 Å². The Hall–Kier alpha value is -0.820. The van der Waals surface area contributed by atoms with Gasteiger partial charge in [-0.25, -0.2) is 0 Å². The Labute approximate surface area is 112 Å². The molecule has 0 aliphatic heterocycles. The lowest BCUT2D eigenvalue weighted by molar-refractivity contribution is -0.164. The van der Waals surface area contributed by atoms with Gasteiger partial charge < -0.3 is 15.4 Å². The fourth-order valence-electron chi connectivity index (χ4n) is 1.50. The lowest BCUT2D eigenvalue weighted by Gasteiger charge is -2.28. The lowest BCUT2D eigenvalue weighted by atomic mass is 10.0. The van der Waals surface area contributed by atoms with E-state index in [-0.39, 0.29) is 6.54 Å². The SMILES string of the molecule is CCOCCCN(CC(F)(F)F)C(=O)C(C)C(C)N. The number of hydrogen-bond acceptors (Lipinski definition) is 3. The number of carbonyl (C=O) groups is 1. The van der Waals surface area contributed by atoms with E-state index >= 15 is 0 Å². The number of nitrogens with zero attached hydrogens (tertiary/aromatic N) is 1. The number of nitrogens with two attached hydrogens (primary N) is 1. The quantitative estimate of drug-likeness (QED) is 0.691. The van der Waals surface area contributed by atoms with Crippen LogP contribution in [0.15, 0.2) is 0 Å². The number of alkyl halides is 3. The summed E-state index contributed by atoms with van der Waals surface area (Å²) in [4.78, 5) is 12.7. The summed E-state index contributed by atoms with van der Waals surface area (Å²) in [6.45, 7) is 4.57. The zero-order chi connectivity index (χ0) is 15.1. The van der Waals surface area contributed by atoms with Gasteiger partial charge in [0.25, 0.3) is 0 Å². The van der Waals surface area contributed by atoms with E-state index in [0.29, 0.717) is 19.6 Å². The second kappa shape index (κ2) is 8.37. The maximum absolute atomic E-state index is 12.4. The van der Waals surface area contributed by atoms with Gasteiger partial charge in [-0.3, -0.25) is 4.79 Å². The fourth-order valence-corrected chi connectivity index (χ4v) is 1.50. The van der Waals surface area contributed by atoms with Gasteiger partial charge in [-0.05, 0) is 20.3 Å². The average molecular weight is 284 g/mol. The predicted molar refractivity (Wildman–Crippen MR) is 66.6 cm³/mol.